The molecule has 96 valence electrons. The van der Waals surface area contributed by atoms with E-state index in [9.17, 15) is 4.39 Å². The molecule has 1 aromatic carbocycles. The fourth-order valence-corrected chi connectivity index (χ4v) is 1.87. The first-order chi connectivity index (χ1) is 8.01. The van der Waals surface area contributed by atoms with Crippen LogP contribution in [-0.2, 0) is 0 Å². The molecule has 0 aromatic heterocycles. The van der Waals surface area contributed by atoms with Gasteiger partial charge in [0.2, 0.25) is 0 Å². The Hall–Kier alpha value is -1.45. The summed E-state index contributed by atoms with van der Waals surface area (Å²) in [5, 5.41) is 0. The highest BCUT2D eigenvalue weighted by molar-refractivity contribution is 5.70. The Kier molecular flexibility index (Phi) is 4.61. The lowest BCUT2D eigenvalue weighted by atomic mass is 10.1. The van der Waals surface area contributed by atoms with Crippen molar-refractivity contribution >= 4 is 11.4 Å². The molecule has 0 aliphatic carbocycles. The van der Waals surface area contributed by atoms with Crippen LogP contribution >= 0.6 is 0 Å². The van der Waals surface area contributed by atoms with Crippen LogP contribution in [0.1, 0.15) is 26.7 Å². The van der Waals surface area contributed by atoms with Gasteiger partial charge in [0.05, 0.1) is 18.5 Å². The molecule has 1 atom stereocenters. The highest BCUT2D eigenvalue weighted by Gasteiger charge is 2.15. The molecule has 0 spiro atoms. The van der Waals surface area contributed by atoms with Crippen molar-refractivity contribution in [2.24, 2.45) is 0 Å². The third kappa shape index (κ3) is 3.02. The van der Waals surface area contributed by atoms with Gasteiger partial charge in [-0.25, -0.2) is 4.39 Å². The van der Waals surface area contributed by atoms with Crippen molar-refractivity contribution in [3.63, 3.8) is 0 Å². The summed E-state index contributed by atoms with van der Waals surface area (Å²) < 4.78 is 18.4. The first kappa shape index (κ1) is 13.6. The van der Waals surface area contributed by atoms with Crippen molar-refractivity contribution in [1.29, 1.82) is 0 Å². The number of anilines is 2. The highest BCUT2D eigenvalue weighted by Crippen LogP contribution is 2.31. The van der Waals surface area contributed by atoms with Crippen molar-refractivity contribution in [1.82, 2.24) is 0 Å². The smallest absolute Gasteiger partial charge is 0.167 e. The Morgan fingerprint density at radius 1 is 1.47 bits per heavy atom. The van der Waals surface area contributed by atoms with Crippen LogP contribution in [0.15, 0.2) is 12.1 Å². The number of hydrogen-bond donors (Lipinski definition) is 1. The number of benzene rings is 1. The average Bonchev–Trinajstić information content (AvgIpc) is 2.29. The monoisotopic (exact) mass is 240 g/mol. The number of ether oxygens (including phenoxy) is 1. The van der Waals surface area contributed by atoms with Crippen LogP contribution in [-0.4, -0.2) is 20.2 Å². The summed E-state index contributed by atoms with van der Waals surface area (Å²) in [4.78, 5) is 2.06. The van der Waals surface area contributed by atoms with Crippen LogP contribution in [0.2, 0.25) is 0 Å². The number of rotatable bonds is 5. The van der Waals surface area contributed by atoms with E-state index in [1.807, 2.05) is 7.05 Å². The Morgan fingerprint density at radius 3 is 2.65 bits per heavy atom. The molecule has 0 aliphatic heterocycles. The molecule has 1 aromatic rings. The van der Waals surface area contributed by atoms with E-state index in [0.717, 1.165) is 18.5 Å². The summed E-state index contributed by atoms with van der Waals surface area (Å²) in [5.74, 6) is -0.199. The van der Waals surface area contributed by atoms with E-state index in [2.05, 4.69) is 18.7 Å². The standard InChI is InChI=1S/C13H21FN2O/c1-5-6-9(2)16(3)12-8-13(17-4)10(14)7-11(12)15/h7-9H,5-6,15H2,1-4H3. The summed E-state index contributed by atoms with van der Waals surface area (Å²) in [6, 6.07) is 3.32. The SMILES string of the molecule is CCCC(C)N(C)c1cc(OC)c(F)cc1N. The zero-order valence-electron chi connectivity index (χ0n) is 11.0. The number of methoxy groups -OCH3 is 1. The molecule has 17 heavy (non-hydrogen) atoms. The van der Waals surface area contributed by atoms with Crippen molar-refractivity contribution < 1.29 is 9.13 Å². The van der Waals surface area contributed by atoms with Crippen LogP contribution in [0.4, 0.5) is 15.8 Å². The summed E-state index contributed by atoms with van der Waals surface area (Å²) in [6.45, 7) is 4.26. The van der Waals surface area contributed by atoms with Gasteiger partial charge in [-0.1, -0.05) is 13.3 Å². The van der Waals surface area contributed by atoms with Gasteiger partial charge in [0.15, 0.2) is 11.6 Å². The van der Waals surface area contributed by atoms with Gasteiger partial charge in [0, 0.05) is 25.2 Å². The maximum atomic E-state index is 13.4. The van der Waals surface area contributed by atoms with Gasteiger partial charge >= 0.3 is 0 Å². The zero-order chi connectivity index (χ0) is 13.0. The zero-order valence-corrected chi connectivity index (χ0v) is 11.0. The lowest BCUT2D eigenvalue weighted by molar-refractivity contribution is 0.386. The Labute approximate surface area is 102 Å². The van der Waals surface area contributed by atoms with E-state index >= 15 is 0 Å². The topological polar surface area (TPSA) is 38.5 Å². The second-order valence-electron chi connectivity index (χ2n) is 4.29. The predicted octanol–water partition coefficient (Wildman–Crippen LogP) is 3.04. The minimum Gasteiger partial charge on any atom is -0.494 e. The van der Waals surface area contributed by atoms with E-state index in [-0.39, 0.29) is 5.75 Å². The quantitative estimate of drug-likeness (QED) is 0.804. The average molecular weight is 240 g/mol. The summed E-state index contributed by atoms with van der Waals surface area (Å²) >= 11 is 0. The van der Waals surface area contributed by atoms with Gasteiger partial charge < -0.3 is 15.4 Å². The lowest BCUT2D eigenvalue weighted by Crippen LogP contribution is -2.29. The minimum atomic E-state index is -0.426. The van der Waals surface area contributed by atoms with Gasteiger partial charge in [0.25, 0.3) is 0 Å². The maximum Gasteiger partial charge on any atom is 0.167 e. The molecule has 0 heterocycles. The number of nitrogens with zero attached hydrogens (tertiary/aromatic N) is 1. The third-order valence-corrected chi connectivity index (χ3v) is 3.05. The minimum absolute atomic E-state index is 0.227. The van der Waals surface area contributed by atoms with Crippen molar-refractivity contribution in [3.05, 3.63) is 17.9 Å². The van der Waals surface area contributed by atoms with E-state index in [1.165, 1.54) is 13.2 Å². The first-order valence-corrected chi connectivity index (χ1v) is 5.87. The number of halogens is 1. The highest BCUT2D eigenvalue weighted by atomic mass is 19.1. The molecule has 0 aliphatic rings. The largest absolute Gasteiger partial charge is 0.494 e. The molecule has 0 saturated carbocycles. The summed E-state index contributed by atoms with van der Waals surface area (Å²) in [5.41, 5.74) is 7.09. The molecule has 0 amide bonds. The molecule has 3 nitrogen and oxygen atoms in total. The van der Waals surface area contributed by atoms with E-state index in [0.29, 0.717) is 11.7 Å². The van der Waals surface area contributed by atoms with Crippen LogP contribution in [0.25, 0.3) is 0 Å². The van der Waals surface area contributed by atoms with Gasteiger partial charge in [-0.2, -0.15) is 0 Å². The van der Waals surface area contributed by atoms with Crippen molar-refractivity contribution in [2.75, 3.05) is 24.8 Å². The van der Waals surface area contributed by atoms with E-state index < -0.39 is 5.82 Å². The molecule has 0 fully saturated rings. The lowest BCUT2D eigenvalue weighted by Gasteiger charge is -2.28. The Bertz CT molecular complexity index is 382. The van der Waals surface area contributed by atoms with Gasteiger partial charge in [-0.15, -0.1) is 0 Å². The first-order valence-electron chi connectivity index (χ1n) is 5.87. The summed E-state index contributed by atoms with van der Waals surface area (Å²) in [7, 11) is 3.41. The van der Waals surface area contributed by atoms with Gasteiger partial charge in [0.1, 0.15) is 0 Å². The molecule has 4 heteroatoms. The van der Waals surface area contributed by atoms with Gasteiger partial charge in [-0.05, 0) is 13.3 Å². The van der Waals surface area contributed by atoms with E-state index in [1.54, 1.807) is 6.07 Å². The Balaban J connectivity index is 3.04. The van der Waals surface area contributed by atoms with Crippen LogP contribution in [0, 0.1) is 5.82 Å². The molecule has 0 radical (unpaired) electrons. The fraction of sp³-hybridized carbons (Fsp3) is 0.538. The normalized spacial score (nSPS) is 12.3. The molecule has 1 unspecified atom stereocenters. The van der Waals surface area contributed by atoms with Crippen LogP contribution < -0.4 is 15.4 Å². The molecule has 2 N–H and O–H groups in total. The summed E-state index contributed by atoms with van der Waals surface area (Å²) in [6.07, 6.45) is 2.17. The number of hydrogen-bond acceptors (Lipinski definition) is 3. The van der Waals surface area contributed by atoms with Crippen LogP contribution in [0.3, 0.4) is 0 Å². The molecular weight excluding hydrogens is 219 g/mol. The second-order valence-corrected chi connectivity index (χ2v) is 4.29. The van der Waals surface area contributed by atoms with Crippen LogP contribution in [0.5, 0.6) is 5.75 Å². The Morgan fingerprint density at radius 2 is 2.12 bits per heavy atom. The molecular formula is C13H21FN2O. The molecule has 1 rings (SSSR count). The second kappa shape index (κ2) is 5.75. The van der Waals surface area contributed by atoms with Crippen molar-refractivity contribution in [2.45, 2.75) is 32.7 Å². The predicted molar refractivity (Wildman–Crippen MR) is 70.1 cm³/mol. The van der Waals surface area contributed by atoms with Gasteiger partial charge in [-0.3, -0.25) is 0 Å². The number of nitrogens with two attached hydrogens (primary N) is 1. The third-order valence-electron chi connectivity index (χ3n) is 3.05. The van der Waals surface area contributed by atoms with E-state index in [4.69, 9.17) is 10.5 Å². The van der Waals surface area contributed by atoms with Crippen molar-refractivity contribution in [3.8, 4) is 5.75 Å². The maximum absolute atomic E-state index is 13.4. The molecule has 0 bridgehead atoms. The fourth-order valence-electron chi connectivity index (χ4n) is 1.87. The molecule has 0 saturated heterocycles. The number of nitrogen functional groups attached to an aromatic ring is 1.